The summed E-state index contributed by atoms with van der Waals surface area (Å²) in [5.74, 6) is -0.507. The van der Waals surface area contributed by atoms with E-state index < -0.39 is 0 Å². The summed E-state index contributed by atoms with van der Waals surface area (Å²) in [4.78, 5) is 29.7. The Labute approximate surface area is 164 Å². The molecule has 2 aromatic carbocycles. The van der Waals surface area contributed by atoms with Crippen LogP contribution in [0.2, 0.25) is 0 Å². The highest BCUT2D eigenvalue weighted by molar-refractivity contribution is 6.04. The number of piperidine rings is 1. The zero-order valence-electron chi connectivity index (χ0n) is 16.0. The summed E-state index contributed by atoms with van der Waals surface area (Å²) in [5, 5.41) is 2.83. The third-order valence-corrected chi connectivity index (χ3v) is 5.57. The number of carbonyl (C=O) groups excluding carboxylic acids is 2. The van der Waals surface area contributed by atoms with Crippen LogP contribution in [-0.2, 0) is 6.54 Å². The van der Waals surface area contributed by atoms with Crippen LogP contribution < -0.4 is 10.2 Å². The van der Waals surface area contributed by atoms with Crippen LogP contribution in [0.15, 0.2) is 42.5 Å². The molecule has 1 saturated heterocycles. The summed E-state index contributed by atoms with van der Waals surface area (Å²) < 4.78 is 13.3. The van der Waals surface area contributed by atoms with E-state index in [0.717, 1.165) is 38.0 Å². The van der Waals surface area contributed by atoms with Gasteiger partial charge >= 0.3 is 0 Å². The zero-order valence-corrected chi connectivity index (χ0v) is 16.0. The van der Waals surface area contributed by atoms with E-state index >= 15 is 0 Å². The average Bonchev–Trinajstić information content (AvgIpc) is 2.72. The largest absolute Gasteiger partial charge is 0.351 e. The molecule has 1 atom stereocenters. The van der Waals surface area contributed by atoms with Crippen molar-refractivity contribution < 1.29 is 14.0 Å². The molecule has 146 valence electrons. The lowest BCUT2D eigenvalue weighted by atomic mass is 9.97. The molecule has 28 heavy (non-hydrogen) atoms. The number of nitrogens with zero attached hydrogens (tertiary/aromatic N) is 2. The maximum atomic E-state index is 13.3. The number of anilines is 1. The Kier molecular flexibility index (Phi) is 5.03. The van der Waals surface area contributed by atoms with Crippen molar-refractivity contribution in [1.82, 2.24) is 10.2 Å². The van der Waals surface area contributed by atoms with E-state index in [1.807, 2.05) is 11.0 Å². The smallest absolute Gasteiger partial charge is 0.257 e. The first kappa shape index (κ1) is 18.5. The Morgan fingerprint density at radius 1 is 1.21 bits per heavy atom. The second kappa shape index (κ2) is 7.62. The number of halogens is 1. The highest BCUT2D eigenvalue weighted by atomic mass is 19.1. The molecule has 2 aliphatic heterocycles. The number of amides is 2. The van der Waals surface area contributed by atoms with Crippen LogP contribution in [0, 0.1) is 5.82 Å². The summed E-state index contributed by atoms with van der Waals surface area (Å²) in [5.41, 5.74) is 2.69. The van der Waals surface area contributed by atoms with Gasteiger partial charge in [-0.2, -0.15) is 0 Å². The van der Waals surface area contributed by atoms with Gasteiger partial charge in [0.2, 0.25) is 0 Å². The van der Waals surface area contributed by atoms with Gasteiger partial charge in [0, 0.05) is 25.2 Å². The van der Waals surface area contributed by atoms with Gasteiger partial charge in [-0.25, -0.2) is 4.39 Å². The Hall–Kier alpha value is -2.89. The molecule has 1 unspecified atom stereocenters. The van der Waals surface area contributed by atoms with Crippen LogP contribution in [0.5, 0.6) is 0 Å². The standard InChI is InChI=1S/C22H24FN3O2/c1-2-25-19-13-16(21(27)24-14-15-6-5-7-17(23)12-15)9-10-18(19)22(28)26-11-4-3-8-20(25)26/h5-7,9-10,12-13,20H,2-4,8,11,14H2,1H3,(H,24,27). The fourth-order valence-corrected chi connectivity index (χ4v) is 4.19. The summed E-state index contributed by atoms with van der Waals surface area (Å²) >= 11 is 0. The number of benzene rings is 2. The molecule has 0 bridgehead atoms. The fourth-order valence-electron chi connectivity index (χ4n) is 4.19. The van der Waals surface area contributed by atoms with Crippen molar-refractivity contribution in [3.8, 4) is 0 Å². The number of carbonyl (C=O) groups is 2. The Morgan fingerprint density at radius 2 is 2.07 bits per heavy atom. The molecule has 0 spiro atoms. The van der Waals surface area contributed by atoms with Crippen molar-refractivity contribution in [3.05, 3.63) is 65.0 Å². The van der Waals surface area contributed by atoms with Crippen LogP contribution in [0.25, 0.3) is 0 Å². The molecule has 1 fully saturated rings. The summed E-state index contributed by atoms with van der Waals surface area (Å²) in [7, 11) is 0. The minimum Gasteiger partial charge on any atom is -0.351 e. The maximum Gasteiger partial charge on any atom is 0.257 e. The lowest BCUT2D eigenvalue weighted by Crippen LogP contribution is -2.57. The molecular weight excluding hydrogens is 357 g/mol. The Morgan fingerprint density at radius 3 is 2.86 bits per heavy atom. The highest BCUT2D eigenvalue weighted by Gasteiger charge is 2.38. The van der Waals surface area contributed by atoms with Gasteiger partial charge in [-0.3, -0.25) is 9.59 Å². The third-order valence-electron chi connectivity index (χ3n) is 5.57. The highest BCUT2D eigenvalue weighted by Crippen LogP contribution is 2.35. The average molecular weight is 381 g/mol. The van der Waals surface area contributed by atoms with E-state index in [9.17, 15) is 14.0 Å². The molecule has 4 rings (SSSR count). The molecule has 0 saturated carbocycles. The van der Waals surface area contributed by atoms with Gasteiger partial charge in [0.1, 0.15) is 12.0 Å². The monoisotopic (exact) mass is 381 g/mol. The fraction of sp³-hybridized carbons (Fsp3) is 0.364. The topological polar surface area (TPSA) is 52.7 Å². The number of nitrogens with one attached hydrogen (secondary N) is 1. The van der Waals surface area contributed by atoms with Crippen molar-refractivity contribution >= 4 is 17.5 Å². The van der Waals surface area contributed by atoms with Crippen molar-refractivity contribution in [3.63, 3.8) is 0 Å². The predicted octanol–water partition coefficient (Wildman–Crippen LogP) is 3.55. The molecule has 6 heteroatoms. The second-order valence-electron chi connectivity index (χ2n) is 7.31. The van der Waals surface area contributed by atoms with E-state index in [0.29, 0.717) is 16.7 Å². The van der Waals surface area contributed by atoms with E-state index in [-0.39, 0.29) is 30.3 Å². The summed E-state index contributed by atoms with van der Waals surface area (Å²) in [6, 6.07) is 11.4. The number of rotatable bonds is 4. The summed E-state index contributed by atoms with van der Waals surface area (Å²) in [6.45, 7) is 3.88. The van der Waals surface area contributed by atoms with E-state index in [4.69, 9.17) is 0 Å². The number of hydrogen-bond donors (Lipinski definition) is 1. The van der Waals surface area contributed by atoms with E-state index in [2.05, 4.69) is 17.1 Å². The van der Waals surface area contributed by atoms with Crippen LogP contribution in [0.4, 0.5) is 10.1 Å². The van der Waals surface area contributed by atoms with Crippen LogP contribution in [0.1, 0.15) is 52.5 Å². The number of fused-ring (bicyclic) bond motifs is 2. The van der Waals surface area contributed by atoms with Crippen LogP contribution in [0.3, 0.4) is 0 Å². The van der Waals surface area contributed by atoms with E-state index in [1.54, 1.807) is 24.3 Å². The molecule has 5 nitrogen and oxygen atoms in total. The Bertz CT molecular complexity index is 914. The third kappa shape index (κ3) is 3.35. The lowest BCUT2D eigenvalue weighted by Gasteiger charge is -2.47. The number of hydrogen-bond acceptors (Lipinski definition) is 3. The maximum absolute atomic E-state index is 13.3. The first-order valence-corrected chi connectivity index (χ1v) is 9.83. The molecule has 0 aromatic heterocycles. The minimum atomic E-state index is -0.324. The van der Waals surface area contributed by atoms with Gasteiger partial charge in [0.15, 0.2) is 0 Å². The van der Waals surface area contributed by atoms with Gasteiger partial charge in [-0.15, -0.1) is 0 Å². The van der Waals surface area contributed by atoms with Gasteiger partial charge < -0.3 is 15.1 Å². The first-order valence-electron chi connectivity index (χ1n) is 9.83. The van der Waals surface area contributed by atoms with Crippen molar-refractivity contribution in [2.24, 2.45) is 0 Å². The van der Waals surface area contributed by atoms with Gasteiger partial charge in [0.05, 0.1) is 11.3 Å². The van der Waals surface area contributed by atoms with Crippen molar-refractivity contribution in [2.45, 2.75) is 38.9 Å². The minimum absolute atomic E-state index is 0.0520. The SMILES string of the molecule is CCN1c2cc(C(=O)NCc3cccc(F)c3)ccc2C(=O)N2CCCCC21. The zero-order chi connectivity index (χ0) is 19.7. The molecule has 0 aliphatic carbocycles. The molecule has 2 aliphatic rings. The summed E-state index contributed by atoms with van der Waals surface area (Å²) in [6.07, 6.45) is 3.17. The second-order valence-corrected chi connectivity index (χ2v) is 7.31. The quantitative estimate of drug-likeness (QED) is 0.881. The Balaban J connectivity index is 1.57. The van der Waals surface area contributed by atoms with Crippen LogP contribution in [-0.4, -0.2) is 36.0 Å². The molecule has 1 N–H and O–H groups in total. The first-order chi connectivity index (χ1) is 13.6. The molecule has 0 radical (unpaired) electrons. The molecular formula is C22H24FN3O2. The lowest BCUT2D eigenvalue weighted by molar-refractivity contribution is 0.0582. The molecule has 2 aromatic rings. The van der Waals surface area contributed by atoms with Gasteiger partial charge in [-0.05, 0) is 62.1 Å². The van der Waals surface area contributed by atoms with Gasteiger partial charge in [0.25, 0.3) is 11.8 Å². The van der Waals surface area contributed by atoms with Gasteiger partial charge in [-0.1, -0.05) is 12.1 Å². The predicted molar refractivity (Wildman–Crippen MR) is 106 cm³/mol. The van der Waals surface area contributed by atoms with Crippen molar-refractivity contribution in [1.29, 1.82) is 0 Å². The van der Waals surface area contributed by atoms with Crippen LogP contribution >= 0.6 is 0 Å². The van der Waals surface area contributed by atoms with E-state index in [1.165, 1.54) is 12.1 Å². The molecule has 2 amide bonds. The molecule has 2 heterocycles. The van der Waals surface area contributed by atoms with Crippen molar-refractivity contribution in [2.75, 3.05) is 18.0 Å². The normalized spacial score (nSPS) is 18.5.